The second kappa shape index (κ2) is 4.82. The van der Waals surface area contributed by atoms with Crippen molar-refractivity contribution in [1.82, 2.24) is 9.78 Å². The van der Waals surface area contributed by atoms with E-state index < -0.39 is 20.2 Å². The lowest BCUT2D eigenvalue weighted by Gasteiger charge is -2.09. The molecule has 2 aromatic rings. The molecule has 0 aliphatic heterocycles. The molecule has 0 aliphatic rings. The van der Waals surface area contributed by atoms with E-state index >= 15 is 0 Å². The van der Waals surface area contributed by atoms with E-state index in [0.717, 1.165) is 12.1 Å². The van der Waals surface area contributed by atoms with E-state index in [1.165, 1.54) is 12.1 Å². The lowest BCUT2D eigenvalue weighted by atomic mass is 10.3. The summed E-state index contributed by atoms with van der Waals surface area (Å²) in [6, 6.07) is 5.95. The van der Waals surface area contributed by atoms with E-state index in [4.69, 9.17) is 0 Å². The van der Waals surface area contributed by atoms with Crippen LogP contribution in [0.15, 0.2) is 41.4 Å². The van der Waals surface area contributed by atoms with Crippen LogP contribution in [0, 0.1) is 0 Å². The molecular formula is C11H10F3N3O2S. The Morgan fingerprint density at radius 1 is 1.15 bits per heavy atom. The minimum atomic E-state index is -5.31. The zero-order chi connectivity index (χ0) is 15.0. The Bertz CT molecular complexity index is 705. The van der Waals surface area contributed by atoms with Gasteiger partial charge in [0.1, 0.15) is 0 Å². The molecule has 0 amide bonds. The van der Waals surface area contributed by atoms with Gasteiger partial charge in [0.2, 0.25) is 0 Å². The Hall–Kier alpha value is -2.03. The highest BCUT2D eigenvalue weighted by Crippen LogP contribution is 2.30. The van der Waals surface area contributed by atoms with Crippen LogP contribution in [0.2, 0.25) is 0 Å². The van der Waals surface area contributed by atoms with Crippen LogP contribution in [0.25, 0.3) is 0 Å². The monoisotopic (exact) mass is 305 g/mol. The first-order valence-corrected chi connectivity index (χ1v) is 6.86. The predicted molar refractivity (Wildman–Crippen MR) is 66.2 cm³/mol. The third-order valence-corrected chi connectivity index (χ3v) is 3.96. The molecule has 108 valence electrons. The minimum absolute atomic E-state index is 0.435. The molecule has 0 fully saturated rings. The standard InChI is InChI=1S/C11H10F3N3O2S/c1-17-7-6-10(16-17)15-8-2-4-9(5-3-8)20(18,19)11(12,13)14/h2-7H,1H3,(H,15,16). The van der Waals surface area contributed by atoms with Crippen LogP contribution < -0.4 is 5.32 Å². The zero-order valence-corrected chi connectivity index (χ0v) is 11.0. The first-order valence-electron chi connectivity index (χ1n) is 5.38. The molecule has 0 radical (unpaired) electrons. The van der Waals surface area contributed by atoms with Gasteiger partial charge in [-0.15, -0.1) is 0 Å². The van der Waals surface area contributed by atoms with Crippen molar-refractivity contribution in [3.05, 3.63) is 36.5 Å². The number of nitrogens with zero attached hydrogens (tertiary/aromatic N) is 2. The predicted octanol–water partition coefficient (Wildman–Crippen LogP) is 2.46. The van der Waals surface area contributed by atoms with Crippen molar-refractivity contribution in [1.29, 1.82) is 0 Å². The van der Waals surface area contributed by atoms with Crippen LogP contribution in [-0.4, -0.2) is 23.7 Å². The average Bonchev–Trinajstić information content (AvgIpc) is 2.74. The fourth-order valence-electron chi connectivity index (χ4n) is 1.48. The summed E-state index contributed by atoms with van der Waals surface area (Å²) in [5.41, 5.74) is -4.87. The van der Waals surface area contributed by atoms with Gasteiger partial charge in [-0.25, -0.2) is 8.42 Å². The number of halogens is 3. The number of benzene rings is 1. The number of hydrogen-bond donors (Lipinski definition) is 1. The van der Waals surface area contributed by atoms with Gasteiger partial charge in [-0.1, -0.05) is 0 Å². The molecule has 0 bridgehead atoms. The molecule has 1 heterocycles. The first kappa shape index (κ1) is 14.4. The van der Waals surface area contributed by atoms with Gasteiger partial charge in [-0.3, -0.25) is 4.68 Å². The lowest BCUT2D eigenvalue weighted by Crippen LogP contribution is -2.23. The number of aryl methyl sites for hydroxylation is 1. The molecule has 0 unspecified atom stereocenters. The SMILES string of the molecule is Cn1ccc(Nc2ccc(S(=O)(=O)C(F)(F)F)cc2)n1. The molecule has 0 saturated heterocycles. The summed E-state index contributed by atoms with van der Waals surface area (Å²) in [5.74, 6) is 0.499. The van der Waals surface area contributed by atoms with Crippen molar-refractivity contribution in [2.75, 3.05) is 5.32 Å². The van der Waals surface area contributed by atoms with E-state index in [1.54, 1.807) is 24.0 Å². The molecule has 1 aromatic carbocycles. The summed E-state index contributed by atoms with van der Waals surface area (Å²) in [7, 11) is -3.60. The molecule has 1 N–H and O–H groups in total. The van der Waals surface area contributed by atoms with Gasteiger partial charge < -0.3 is 5.32 Å². The van der Waals surface area contributed by atoms with Crippen LogP contribution in [0.5, 0.6) is 0 Å². The highest BCUT2D eigenvalue weighted by molar-refractivity contribution is 7.92. The number of hydrogen-bond acceptors (Lipinski definition) is 4. The number of rotatable bonds is 3. The highest BCUT2D eigenvalue weighted by atomic mass is 32.2. The van der Waals surface area contributed by atoms with Crippen molar-refractivity contribution < 1.29 is 21.6 Å². The fraction of sp³-hybridized carbons (Fsp3) is 0.182. The van der Waals surface area contributed by atoms with E-state index in [9.17, 15) is 21.6 Å². The number of nitrogens with one attached hydrogen (secondary N) is 1. The lowest BCUT2D eigenvalue weighted by molar-refractivity contribution is -0.0436. The smallest absolute Gasteiger partial charge is 0.339 e. The fourth-order valence-corrected chi connectivity index (χ4v) is 2.24. The van der Waals surface area contributed by atoms with Crippen molar-refractivity contribution in [2.45, 2.75) is 10.4 Å². The summed E-state index contributed by atoms with van der Waals surface area (Å²) in [6.07, 6.45) is 1.69. The Labute approximate surface area is 112 Å². The number of aromatic nitrogens is 2. The van der Waals surface area contributed by atoms with Gasteiger partial charge in [-0.05, 0) is 24.3 Å². The molecule has 5 nitrogen and oxygen atoms in total. The molecule has 1 aromatic heterocycles. The van der Waals surface area contributed by atoms with Gasteiger partial charge in [0, 0.05) is 25.0 Å². The largest absolute Gasteiger partial charge is 0.501 e. The Morgan fingerprint density at radius 3 is 2.20 bits per heavy atom. The van der Waals surface area contributed by atoms with Gasteiger partial charge in [0.25, 0.3) is 9.84 Å². The van der Waals surface area contributed by atoms with E-state index in [1.807, 2.05) is 0 Å². The Morgan fingerprint density at radius 2 is 1.75 bits per heavy atom. The van der Waals surface area contributed by atoms with Crippen LogP contribution in [0.3, 0.4) is 0 Å². The van der Waals surface area contributed by atoms with Crippen LogP contribution >= 0.6 is 0 Å². The molecule has 0 saturated carbocycles. The average molecular weight is 305 g/mol. The Balaban J connectivity index is 2.23. The quantitative estimate of drug-likeness (QED) is 0.946. The van der Waals surface area contributed by atoms with Crippen molar-refractivity contribution in [2.24, 2.45) is 7.05 Å². The number of alkyl halides is 3. The number of anilines is 2. The minimum Gasteiger partial charge on any atom is -0.339 e. The van der Waals surface area contributed by atoms with E-state index in [-0.39, 0.29) is 0 Å². The molecular weight excluding hydrogens is 295 g/mol. The maximum absolute atomic E-state index is 12.4. The summed E-state index contributed by atoms with van der Waals surface area (Å²) < 4.78 is 60.9. The van der Waals surface area contributed by atoms with Crippen LogP contribution in [0.4, 0.5) is 24.7 Å². The van der Waals surface area contributed by atoms with Gasteiger partial charge in [-0.2, -0.15) is 18.3 Å². The topological polar surface area (TPSA) is 64.0 Å². The summed E-state index contributed by atoms with van der Waals surface area (Å²) in [4.78, 5) is -0.795. The molecule has 0 atom stereocenters. The first-order chi connectivity index (χ1) is 9.20. The van der Waals surface area contributed by atoms with Crippen LogP contribution in [-0.2, 0) is 16.9 Å². The summed E-state index contributed by atoms with van der Waals surface area (Å²) in [5, 5.41) is 6.86. The van der Waals surface area contributed by atoms with E-state index in [2.05, 4.69) is 10.4 Å². The summed E-state index contributed by atoms with van der Waals surface area (Å²) in [6.45, 7) is 0. The molecule has 2 rings (SSSR count). The second-order valence-corrected chi connectivity index (χ2v) is 5.91. The normalized spacial score (nSPS) is 12.4. The molecule has 0 spiro atoms. The third-order valence-electron chi connectivity index (χ3n) is 2.46. The van der Waals surface area contributed by atoms with Crippen molar-refractivity contribution in [3.8, 4) is 0 Å². The van der Waals surface area contributed by atoms with Gasteiger partial charge in [0.15, 0.2) is 5.82 Å². The molecule has 0 aliphatic carbocycles. The third kappa shape index (κ3) is 2.77. The van der Waals surface area contributed by atoms with Crippen molar-refractivity contribution >= 4 is 21.3 Å². The zero-order valence-electron chi connectivity index (χ0n) is 10.2. The molecule has 9 heteroatoms. The number of sulfone groups is 1. The van der Waals surface area contributed by atoms with Gasteiger partial charge >= 0.3 is 5.51 Å². The van der Waals surface area contributed by atoms with Gasteiger partial charge in [0.05, 0.1) is 4.90 Å². The Kier molecular flexibility index (Phi) is 3.46. The highest BCUT2D eigenvalue weighted by Gasteiger charge is 2.46. The van der Waals surface area contributed by atoms with E-state index in [0.29, 0.717) is 11.5 Å². The summed E-state index contributed by atoms with van der Waals surface area (Å²) >= 11 is 0. The molecule has 20 heavy (non-hydrogen) atoms. The van der Waals surface area contributed by atoms with Crippen molar-refractivity contribution in [3.63, 3.8) is 0 Å². The maximum Gasteiger partial charge on any atom is 0.501 e. The maximum atomic E-state index is 12.4. The second-order valence-electron chi connectivity index (χ2n) is 3.97. The van der Waals surface area contributed by atoms with Crippen LogP contribution in [0.1, 0.15) is 0 Å².